The van der Waals surface area contributed by atoms with Crippen LogP contribution in [0.5, 0.6) is 0 Å². The summed E-state index contributed by atoms with van der Waals surface area (Å²) < 4.78 is 26.1. The zero-order valence-corrected chi connectivity index (χ0v) is 11.4. The second-order valence-electron chi connectivity index (χ2n) is 4.85. The zero-order valence-electron chi connectivity index (χ0n) is 11.4. The van der Waals surface area contributed by atoms with E-state index in [1.165, 1.54) is 24.3 Å². The van der Waals surface area contributed by atoms with Crippen molar-refractivity contribution in [2.75, 3.05) is 13.6 Å². The van der Waals surface area contributed by atoms with Gasteiger partial charge in [0.25, 0.3) is 0 Å². The van der Waals surface area contributed by atoms with Crippen LogP contribution in [0.3, 0.4) is 0 Å². The Morgan fingerprint density at radius 3 is 2.35 bits per heavy atom. The number of rotatable bonds is 5. The van der Waals surface area contributed by atoms with Crippen LogP contribution in [-0.2, 0) is 6.54 Å². The SMILES string of the molecule is CN(Cc1cccc(F)c1)C(CN)c1ccc(F)cc1. The Kier molecular flexibility index (Phi) is 4.82. The summed E-state index contributed by atoms with van der Waals surface area (Å²) in [4.78, 5) is 2.03. The van der Waals surface area contributed by atoms with Gasteiger partial charge in [0.2, 0.25) is 0 Å². The molecule has 0 aliphatic rings. The number of likely N-dealkylation sites (N-methyl/N-ethyl adjacent to an activating group) is 1. The first-order valence-corrected chi connectivity index (χ1v) is 6.50. The third-order valence-electron chi connectivity index (χ3n) is 3.33. The first-order valence-electron chi connectivity index (χ1n) is 6.50. The molecule has 0 aliphatic carbocycles. The molecule has 0 fully saturated rings. The fourth-order valence-electron chi connectivity index (χ4n) is 2.29. The van der Waals surface area contributed by atoms with Crippen molar-refractivity contribution in [2.45, 2.75) is 12.6 Å². The Bertz CT molecular complexity index is 555. The van der Waals surface area contributed by atoms with Crippen LogP contribution in [-0.4, -0.2) is 18.5 Å². The van der Waals surface area contributed by atoms with Gasteiger partial charge in [0.05, 0.1) is 0 Å². The number of nitrogens with two attached hydrogens (primary N) is 1. The zero-order chi connectivity index (χ0) is 14.5. The molecule has 2 nitrogen and oxygen atoms in total. The van der Waals surface area contributed by atoms with Gasteiger partial charge in [-0.05, 0) is 42.4 Å². The van der Waals surface area contributed by atoms with Crippen molar-refractivity contribution in [3.8, 4) is 0 Å². The topological polar surface area (TPSA) is 29.3 Å². The molecule has 2 rings (SSSR count). The molecule has 0 saturated carbocycles. The van der Waals surface area contributed by atoms with Gasteiger partial charge in [-0.2, -0.15) is 0 Å². The third kappa shape index (κ3) is 3.62. The van der Waals surface area contributed by atoms with E-state index in [1.807, 2.05) is 18.0 Å². The minimum atomic E-state index is -0.266. The molecular formula is C16H18F2N2. The fourth-order valence-corrected chi connectivity index (χ4v) is 2.29. The van der Waals surface area contributed by atoms with Gasteiger partial charge in [-0.1, -0.05) is 24.3 Å². The van der Waals surface area contributed by atoms with Gasteiger partial charge >= 0.3 is 0 Å². The van der Waals surface area contributed by atoms with Gasteiger partial charge in [0, 0.05) is 19.1 Å². The van der Waals surface area contributed by atoms with Crippen LogP contribution in [0.15, 0.2) is 48.5 Å². The van der Waals surface area contributed by atoms with Crippen LogP contribution < -0.4 is 5.73 Å². The number of hydrogen-bond acceptors (Lipinski definition) is 2. The van der Waals surface area contributed by atoms with Crippen molar-refractivity contribution in [1.82, 2.24) is 4.90 Å². The van der Waals surface area contributed by atoms with Gasteiger partial charge in [-0.25, -0.2) is 8.78 Å². The second kappa shape index (κ2) is 6.59. The van der Waals surface area contributed by atoms with Crippen molar-refractivity contribution in [3.63, 3.8) is 0 Å². The maximum atomic E-state index is 13.2. The molecule has 2 N–H and O–H groups in total. The summed E-state index contributed by atoms with van der Waals surface area (Å²) in [6.07, 6.45) is 0. The predicted molar refractivity (Wildman–Crippen MR) is 76.1 cm³/mol. The van der Waals surface area contributed by atoms with Gasteiger partial charge in [-0.15, -0.1) is 0 Å². The Balaban J connectivity index is 2.13. The van der Waals surface area contributed by atoms with E-state index >= 15 is 0 Å². The van der Waals surface area contributed by atoms with Gasteiger partial charge in [0.1, 0.15) is 11.6 Å². The van der Waals surface area contributed by atoms with E-state index in [4.69, 9.17) is 5.73 Å². The lowest BCUT2D eigenvalue weighted by molar-refractivity contribution is 0.241. The molecule has 0 aliphatic heterocycles. The molecule has 0 radical (unpaired) electrons. The minimum absolute atomic E-state index is 0.0288. The van der Waals surface area contributed by atoms with Crippen LogP contribution in [0.1, 0.15) is 17.2 Å². The van der Waals surface area contributed by atoms with Crippen molar-refractivity contribution < 1.29 is 8.78 Å². The molecule has 0 bridgehead atoms. The Labute approximate surface area is 117 Å². The largest absolute Gasteiger partial charge is 0.329 e. The molecular weight excluding hydrogens is 258 g/mol. The lowest BCUT2D eigenvalue weighted by Gasteiger charge is -2.27. The van der Waals surface area contributed by atoms with Crippen LogP contribution in [0.2, 0.25) is 0 Å². The first kappa shape index (κ1) is 14.6. The van der Waals surface area contributed by atoms with Gasteiger partial charge in [-0.3, -0.25) is 4.90 Å². The van der Waals surface area contributed by atoms with E-state index in [-0.39, 0.29) is 17.7 Å². The molecule has 1 unspecified atom stereocenters. The Morgan fingerprint density at radius 2 is 1.75 bits per heavy atom. The maximum Gasteiger partial charge on any atom is 0.123 e. The summed E-state index contributed by atoms with van der Waals surface area (Å²) in [5, 5.41) is 0. The van der Waals surface area contributed by atoms with Gasteiger partial charge in [0.15, 0.2) is 0 Å². The summed E-state index contributed by atoms with van der Waals surface area (Å²) in [5.41, 5.74) is 7.65. The minimum Gasteiger partial charge on any atom is -0.329 e. The maximum absolute atomic E-state index is 13.2. The summed E-state index contributed by atoms with van der Waals surface area (Å²) in [6, 6.07) is 12.8. The molecule has 2 aromatic carbocycles. The number of hydrogen-bond donors (Lipinski definition) is 1. The molecule has 20 heavy (non-hydrogen) atoms. The Morgan fingerprint density at radius 1 is 1.05 bits per heavy atom. The van der Waals surface area contributed by atoms with E-state index in [1.54, 1.807) is 18.2 Å². The highest BCUT2D eigenvalue weighted by molar-refractivity contribution is 5.21. The Hall–Kier alpha value is -1.78. The van der Waals surface area contributed by atoms with Gasteiger partial charge < -0.3 is 5.73 Å². The molecule has 0 spiro atoms. The van der Waals surface area contributed by atoms with Crippen molar-refractivity contribution >= 4 is 0 Å². The summed E-state index contributed by atoms with van der Waals surface area (Å²) in [6.45, 7) is 0.994. The molecule has 0 amide bonds. The van der Waals surface area contributed by atoms with Crippen molar-refractivity contribution in [3.05, 3.63) is 71.3 Å². The van der Waals surface area contributed by atoms with Crippen LogP contribution in [0.4, 0.5) is 8.78 Å². The van der Waals surface area contributed by atoms with Crippen LogP contribution in [0, 0.1) is 11.6 Å². The standard InChI is InChI=1S/C16H18F2N2/c1-20(11-12-3-2-4-15(18)9-12)16(10-19)13-5-7-14(17)8-6-13/h2-9,16H,10-11,19H2,1H3. The summed E-state index contributed by atoms with van der Waals surface area (Å²) >= 11 is 0. The monoisotopic (exact) mass is 276 g/mol. The van der Waals surface area contributed by atoms with Crippen LogP contribution >= 0.6 is 0 Å². The van der Waals surface area contributed by atoms with E-state index in [9.17, 15) is 8.78 Å². The molecule has 0 saturated heterocycles. The summed E-state index contributed by atoms with van der Waals surface area (Å²) in [5.74, 6) is -0.515. The number of halogens is 2. The number of benzene rings is 2. The smallest absolute Gasteiger partial charge is 0.123 e. The molecule has 0 aromatic heterocycles. The highest BCUT2D eigenvalue weighted by atomic mass is 19.1. The highest BCUT2D eigenvalue weighted by Gasteiger charge is 2.15. The highest BCUT2D eigenvalue weighted by Crippen LogP contribution is 2.20. The number of nitrogens with zero attached hydrogens (tertiary/aromatic N) is 1. The quantitative estimate of drug-likeness (QED) is 0.909. The van der Waals surface area contributed by atoms with E-state index in [2.05, 4.69) is 0 Å². The average molecular weight is 276 g/mol. The molecule has 4 heteroatoms. The lowest BCUT2D eigenvalue weighted by Crippen LogP contribution is -2.30. The van der Waals surface area contributed by atoms with Crippen molar-refractivity contribution in [2.24, 2.45) is 5.73 Å². The van der Waals surface area contributed by atoms with Crippen molar-refractivity contribution in [1.29, 1.82) is 0 Å². The average Bonchev–Trinajstić information content (AvgIpc) is 2.42. The first-order chi connectivity index (χ1) is 9.60. The molecule has 106 valence electrons. The fraction of sp³-hybridized carbons (Fsp3) is 0.250. The molecule has 1 atom stereocenters. The predicted octanol–water partition coefficient (Wildman–Crippen LogP) is 3.10. The molecule has 0 heterocycles. The van der Waals surface area contributed by atoms with Crippen LogP contribution in [0.25, 0.3) is 0 Å². The second-order valence-corrected chi connectivity index (χ2v) is 4.85. The molecule has 2 aromatic rings. The van der Waals surface area contributed by atoms with E-state index in [0.29, 0.717) is 13.1 Å². The third-order valence-corrected chi connectivity index (χ3v) is 3.33. The lowest BCUT2D eigenvalue weighted by atomic mass is 10.0. The summed E-state index contributed by atoms with van der Waals surface area (Å²) in [7, 11) is 1.92. The normalized spacial score (nSPS) is 12.7. The van der Waals surface area contributed by atoms with E-state index in [0.717, 1.165) is 11.1 Å². The van der Waals surface area contributed by atoms with E-state index < -0.39 is 0 Å².